The van der Waals surface area contributed by atoms with Gasteiger partial charge in [-0.2, -0.15) is 0 Å². The maximum Gasteiger partial charge on any atom is 0.262 e. The topological polar surface area (TPSA) is 64.0 Å². The van der Waals surface area contributed by atoms with E-state index in [1.807, 2.05) is 30.3 Å². The second-order valence-electron chi connectivity index (χ2n) is 6.05. The molecule has 2 heterocycles. The van der Waals surface area contributed by atoms with E-state index in [-0.39, 0.29) is 15.2 Å². The summed E-state index contributed by atoms with van der Waals surface area (Å²) in [7, 11) is -3.84. The van der Waals surface area contributed by atoms with Crippen LogP contribution in [0, 0.1) is 0 Å². The maximum atomic E-state index is 12.7. The van der Waals surface area contributed by atoms with E-state index in [0.717, 1.165) is 28.4 Å². The zero-order chi connectivity index (χ0) is 19.2. The number of halogens is 2. The van der Waals surface area contributed by atoms with Crippen LogP contribution in [0.5, 0.6) is 0 Å². The average Bonchev–Trinajstić information content (AvgIpc) is 2.94. The van der Waals surface area contributed by atoms with Gasteiger partial charge in [0.25, 0.3) is 10.0 Å². The number of benzene rings is 2. The molecule has 0 atom stereocenters. The number of sulfonamides is 1. The van der Waals surface area contributed by atoms with Crippen molar-refractivity contribution in [3.05, 3.63) is 64.9 Å². The molecule has 0 saturated heterocycles. The standard InChI is InChI=1S/C19H15Cl2N3O2S/c1-2-24-16-6-4-3-5-14(16)15-9-12(7-8-17(15)24)23-27(25,26)13-10-18(20)22-19(21)11-13/h3-11,23H,2H2,1H3. The van der Waals surface area contributed by atoms with E-state index < -0.39 is 10.0 Å². The van der Waals surface area contributed by atoms with Crippen LogP contribution in [0.1, 0.15) is 6.92 Å². The highest BCUT2D eigenvalue weighted by Crippen LogP contribution is 2.31. The molecule has 5 nitrogen and oxygen atoms in total. The van der Waals surface area contributed by atoms with Gasteiger partial charge in [0.05, 0.1) is 4.90 Å². The summed E-state index contributed by atoms with van der Waals surface area (Å²) >= 11 is 11.7. The molecule has 0 fully saturated rings. The van der Waals surface area contributed by atoms with Crippen molar-refractivity contribution in [2.45, 2.75) is 18.4 Å². The Morgan fingerprint density at radius 1 is 0.963 bits per heavy atom. The Morgan fingerprint density at radius 2 is 1.63 bits per heavy atom. The molecule has 0 bridgehead atoms. The first-order valence-electron chi connectivity index (χ1n) is 8.26. The number of aromatic nitrogens is 2. The lowest BCUT2D eigenvalue weighted by Crippen LogP contribution is -2.13. The first-order valence-corrected chi connectivity index (χ1v) is 10.5. The second-order valence-corrected chi connectivity index (χ2v) is 8.50. The summed E-state index contributed by atoms with van der Waals surface area (Å²) in [5, 5.41) is 2.09. The predicted octanol–water partition coefficient (Wildman–Crippen LogP) is 5.32. The molecule has 8 heteroatoms. The fraction of sp³-hybridized carbons (Fsp3) is 0.105. The third kappa shape index (κ3) is 3.25. The SMILES string of the molecule is CCn1c2ccccc2c2cc(NS(=O)(=O)c3cc(Cl)nc(Cl)c3)ccc21. The van der Waals surface area contributed by atoms with Gasteiger partial charge in [0.1, 0.15) is 10.3 Å². The number of pyridine rings is 1. The van der Waals surface area contributed by atoms with Crippen molar-refractivity contribution >= 4 is 60.7 Å². The van der Waals surface area contributed by atoms with Crippen molar-refractivity contribution in [1.29, 1.82) is 0 Å². The van der Waals surface area contributed by atoms with Crippen LogP contribution < -0.4 is 4.72 Å². The Balaban J connectivity index is 1.82. The minimum Gasteiger partial charge on any atom is -0.341 e. The Bertz CT molecular complexity index is 1260. The van der Waals surface area contributed by atoms with Gasteiger partial charge in [0.2, 0.25) is 0 Å². The van der Waals surface area contributed by atoms with Crippen LogP contribution in [0.25, 0.3) is 21.8 Å². The summed E-state index contributed by atoms with van der Waals surface area (Å²) in [6, 6.07) is 16.1. The first kappa shape index (κ1) is 18.1. The smallest absolute Gasteiger partial charge is 0.262 e. The number of aryl methyl sites for hydroxylation is 1. The minimum atomic E-state index is -3.84. The molecule has 4 rings (SSSR count). The van der Waals surface area contributed by atoms with Gasteiger partial charge in [-0.15, -0.1) is 0 Å². The van der Waals surface area contributed by atoms with Crippen molar-refractivity contribution in [2.75, 3.05) is 4.72 Å². The molecule has 0 amide bonds. The van der Waals surface area contributed by atoms with Crippen molar-refractivity contribution in [3.8, 4) is 0 Å². The van der Waals surface area contributed by atoms with Crippen LogP contribution in [-0.2, 0) is 16.6 Å². The van der Waals surface area contributed by atoms with Gasteiger partial charge in [-0.1, -0.05) is 41.4 Å². The van der Waals surface area contributed by atoms with E-state index in [0.29, 0.717) is 5.69 Å². The molecule has 0 aliphatic carbocycles. The number of nitrogens with zero attached hydrogens (tertiary/aromatic N) is 2. The molecule has 4 aromatic rings. The fourth-order valence-electron chi connectivity index (χ4n) is 3.27. The van der Waals surface area contributed by atoms with Gasteiger partial charge >= 0.3 is 0 Å². The van der Waals surface area contributed by atoms with E-state index in [1.165, 1.54) is 12.1 Å². The Labute approximate surface area is 166 Å². The molecule has 0 spiro atoms. The molecule has 2 aromatic heterocycles. The molecule has 1 N–H and O–H groups in total. The molecule has 0 unspecified atom stereocenters. The summed E-state index contributed by atoms with van der Waals surface area (Å²) in [6.07, 6.45) is 0. The summed E-state index contributed by atoms with van der Waals surface area (Å²) < 4.78 is 30.2. The Morgan fingerprint density at radius 3 is 2.33 bits per heavy atom. The van der Waals surface area contributed by atoms with Crippen molar-refractivity contribution in [1.82, 2.24) is 9.55 Å². The van der Waals surface area contributed by atoms with Gasteiger partial charge in [-0.25, -0.2) is 13.4 Å². The van der Waals surface area contributed by atoms with Crippen molar-refractivity contribution in [2.24, 2.45) is 0 Å². The largest absolute Gasteiger partial charge is 0.341 e. The molecular formula is C19H15Cl2N3O2S. The quantitative estimate of drug-likeness (QED) is 0.455. The first-order chi connectivity index (χ1) is 12.9. The van der Waals surface area contributed by atoms with Gasteiger partial charge < -0.3 is 4.57 Å². The van der Waals surface area contributed by atoms with Crippen LogP contribution in [0.2, 0.25) is 10.3 Å². The maximum absolute atomic E-state index is 12.7. The summed E-state index contributed by atoms with van der Waals surface area (Å²) in [4.78, 5) is 3.74. The van der Waals surface area contributed by atoms with Crippen molar-refractivity contribution in [3.63, 3.8) is 0 Å². The van der Waals surface area contributed by atoms with Gasteiger partial charge in [-0.3, -0.25) is 4.72 Å². The minimum absolute atomic E-state index is 0.0179. The lowest BCUT2D eigenvalue weighted by atomic mass is 10.1. The lowest BCUT2D eigenvalue weighted by molar-refractivity contribution is 0.601. The summed E-state index contributed by atoms with van der Waals surface area (Å²) in [6.45, 7) is 2.91. The molecular weight excluding hydrogens is 405 g/mol. The lowest BCUT2D eigenvalue weighted by Gasteiger charge is -2.09. The van der Waals surface area contributed by atoms with E-state index >= 15 is 0 Å². The van der Waals surface area contributed by atoms with Crippen LogP contribution >= 0.6 is 23.2 Å². The van der Waals surface area contributed by atoms with Crippen LogP contribution in [0.3, 0.4) is 0 Å². The fourth-order valence-corrected chi connectivity index (χ4v) is 4.95. The number of hydrogen-bond donors (Lipinski definition) is 1. The molecule has 27 heavy (non-hydrogen) atoms. The van der Waals surface area contributed by atoms with Crippen LogP contribution in [0.15, 0.2) is 59.5 Å². The van der Waals surface area contributed by atoms with Gasteiger partial charge in [0, 0.05) is 34.0 Å². The predicted molar refractivity (Wildman–Crippen MR) is 110 cm³/mol. The zero-order valence-corrected chi connectivity index (χ0v) is 16.6. The molecule has 2 aromatic carbocycles. The summed E-state index contributed by atoms with van der Waals surface area (Å²) in [5.41, 5.74) is 2.63. The van der Waals surface area contributed by atoms with Crippen LogP contribution in [-0.4, -0.2) is 18.0 Å². The van der Waals surface area contributed by atoms with Crippen molar-refractivity contribution < 1.29 is 8.42 Å². The Hall–Kier alpha value is -2.28. The number of fused-ring (bicyclic) bond motifs is 3. The molecule has 0 aliphatic rings. The average molecular weight is 420 g/mol. The number of hydrogen-bond acceptors (Lipinski definition) is 3. The van der Waals surface area contributed by atoms with Gasteiger partial charge in [0.15, 0.2) is 0 Å². The molecule has 0 aliphatic heterocycles. The van der Waals surface area contributed by atoms with E-state index in [9.17, 15) is 8.42 Å². The molecule has 0 radical (unpaired) electrons. The second kappa shape index (κ2) is 6.71. The monoisotopic (exact) mass is 419 g/mol. The third-order valence-electron chi connectivity index (χ3n) is 4.39. The highest BCUT2D eigenvalue weighted by molar-refractivity contribution is 7.92. The van der Waals surface area contributed by atoms with Gasteiger partial charge in [-0.05, 0) is 43.3 Å². The molecule has 0 saturated carbocycles. The highest BCUT2D eigenvalue weighted by Gasteiger charge is 2.17. The summed E-state index contributed by atoms with van der Waals surface area (Å²) in [5.74, 6) is 0. The highest BCUT2D eigenvalue weighted by atomic mass is 35.5. The number of anilines is 1. The third-order valence-corrected chi connectivity index (χ3v) is 6.14. The molecule has 138 valence electrons. The number of rotatable bonds is 4. The van der Waals surface area contributed by atoms with E-state index in [4.69, 9.17) is 23.2 Å². The Kier molecular flexibility index (Phi) is 4.50. The zero-order valence-electron chi connectivity index (χ0n) is 14.3. The van der Waals surface area contributed by atoms with E-state index in [1.54, 1.807) is 6.07 Å². The number of para-hydroxylation sites is 1. The van der Waals surface area contributed by atoms with E-state index in [2.05, 4.69) is 27.3 Å². The number of nitrogens with one attached hydrogen (secondary N) is 1. The van der Waals surface area contributed by atoms with Crippen LogP contribution in [0.4, 0.5) is 5.69 Å². The normalized spacial score (nSPS) is 12.0.